The first-order chi connectivity index (χ1) is 8.66. The van der Waals surface area contributed by atoms with E-state index in [-0.39, 0.29) is 12.1 Å². The average molecular weight is 249 g/mol. The number of urea groups is 1. The van der Waals surface area contributed by atoms with Gasteiger partial charge < -0.3 is 15.1 Å². The molecule has 2 rings (SSSR count). The van der Waals surface area contributed by atoms with Crippen LogP contribution < -0.4 is 10.2 Å². The van der Waals surface area contributed by atoms with Crippen molar-refractivity contribution in [2.75, 3.05) is 31.1 Å². The summed E-state index contributed by atoms with van der Waals surface area (Å²) in [4.78, 5) is 24.2. The molecule has 1 aromatic rings. The minimum Gasteiger partial charge on any atom is -0.337 e. The molecule has 6 heteroatoms. The Labute approximate surface area is 107 Å². The van der Waals surface area contributed by atoms with Crippen molar-refractivity contribution in [2.24, 2.45) is 0 Å². The van der Waals surface area contributed by atoms with Gasteiger partial charge in [0.2, 0.25) is 5.95 Å². The number of nitrogens with one attached hydrogen (secondary N) is 1. The molecular formula is C12H19N5O. The quantitative estimate of drug-likeness (QED) is 0.839. The second-order valence-corrected chi connectivity index (χ2v) is 4.63. The predicted octanol–water partition coefficient (Wildman–Crippen LogP) is 0.717. The van der Waals surface area contributed by atoms with E-state index < -0.39 is 0 Å². The lowest BCUT2D eigenvalue weighted by atomic mass is 10.3. The van der Waals surface area contributed by atoms with Gasteiger partial charge in [-0.3, -0.25) is 0 Å². The van der Waals surface area contributed by atoms with E-state index in [1.165, 1.54) is 0 Å². The maximum atomic E-state index is 11.8. The number of hydrogen-bond acceptors (Lipinski definition) is 4. The van der Waals surface area contributed by atoms with Crippen molar-refractivity contribution < 1.29 is 4.79 Å². The lowest BCUT2D eigenvalue weighted by molar-refractivity contribution is 0.191. The third-order valence-corrected chi connectivity index (χ3v) is 2.81. The van der Waals surface area contributed by atoms with Gasteiger partial charge in [0.1, 0.15) is 0 Å². The van der Waals surface area contributed by atoms with Gasteiger partial charge in [0.25, 0.3) is 0 Å². The number of aromatic nitrogens is 2. The van der Waals surface area contributed by atoms with E-state index in [1.54, 1.807) is 18.5 Å². The van der Waals surface area contributed by atoms with Gasteiger partial charge in [-0.15, -0.1) is 0 Å². The molecule has 1 N–H and O–H groups in total. The fourth-order valence-corrected chi connectivity index (χ4v) is 1.90. The molecule has 0 radical (unpaired) electrons. The molecule has 1 aliphatic heterocycles. The van der Waals surface area contributed by atoms with Crippen LogP contribution in [-0.2, 0) is 0 Å². The highest BCUT2D eigenvalue weighted by Gasteiger charge is 2.22. The third-order valence-electron chi connectivity index (χ3n) is 2.81. The molecule has 1 fully saturated rings. The van der Waals surface area contributed by atoms with Crippen LogP contribution in [0.25, 0.3) is 0 Å². The van der Waals surface area contributed by atoms with Gasteiger partial charge in [0, 0.05) is 44.6 Å². The summed E-state index contributed by atoms with van der Waals surface area (Å²) < 4.78 is 0. The first kappa shape index (κ1) is 12.6. The normalized spacial score (nSPS) is 15.9. The maximum absolute atomic E-state index is 11.8. The van der Waals surface area contributed by atoms with Crippen molar-refractivity contribution in [1.82, 2.24) is 20.2 Å². The van der Waals surface area contributed by atoms with Crippen LogP contribution in [0.5, 0.6) is 0 Å². The molecule has 1 aromatic heterocycles. The lowest BCUT2D eigenvalue weighted by Crippen LogP contribution is -2.53. The zero-order chi connectivity index (χ0) is 13.0. The van der Waals surface area contributed by atoms with E-state index in [2.05, 4.69) is 20.2 Å². The summed E-state index contributed by atoms with van der Waals surface area (Å²) in [6, 6.07) is 1.99. The summed E-state index contributed by atoms with van der Waals surface area (Å²) in [5.74, 6) is 0.737. The van der Waals surface area contributed by atoms with E-state index in [4.69, 9.17) is 0 Å². The zero-order valence-corrected chi connectivity index (χ0v) is 10.8. The van der Waals surface area contributed by atoms with E-state index in [0.717, 1.165) is 19.0 Å². The highest BCUT2D eigenvalue weighted by molar-refractivity contribution is 5.74. The van der Waals surface area contributed by atoms with Gasteiger partial charge in [0.15, 0.2) is 0 Å². The summed E-state index contributed by atoms with van der Waals surface area (Å²) >= 11 is 0. The summed E-state index contributed by atoms with van der Waals surface area (Å²) in [6.45, 7) is 6.89. The van der Waals surface area contributed by atoms with Gasteiger partial charge >= 0.3 is 6.03 Å². The highest BCUT2D eigenvalue weighted by Crippen LogP contribution is 2.09. The van der Waals surface area contributed by atoms with Crippen LogP contribution >= 0.6 is 0 Å². The van der Waals surface area contributed by atoms with Crippen LogP contribution in [0.4, 0.5) is 10.7 Å². The average Bonchev–Trinajstić information content (AvgIpc) is 2.39. The molecule has 1 saturated heterocycles. The summed E-state index contributed by atoms with van der Waals surface area (Å²) in [6.07, 6.45) is 3.47. The van der Waals surface area contributed by atoms with Crippen LogP contribution in [0.3, 0.4) is 0 Å². The topological polar surface area (TPSA) is 61.4 Å². The second kappa shape index (κ2) is 5.66. The summed E-state index contributed by atoms with van der Waals surface area (Å²) in [5.41, 5.74) is 0. The first-order valence-corrected chi connectivity index (χ1v) is 6.24. The zero-order valence-electron chi connectivity index (χ0n) is 10.8. The molecule has 0 saturated carbocycles. The Balaban J connectivity index is 1.87. The Hall–Kier alpha value is -1.85. The van der Waals surface area contributed by atoms with Crippen molar-refractivity contribution in [2.45, 2.75) is 19.9 Å². The second-order valence-electron chi connectivity index (χ2n) is 4.63. The van der Waals surface area contributed by atoms with Gasteiger partial charge in [-0.1, -0.05) is 0 Å². The monoisotopic (exact) mass is 249 g/mol. The fraction of sp³-hybridized carbons (Fsp3) is 0.583. The van der Waals surface area contributed by atoms with Crippen LogP contribution in [0.1, 0.15) is 13.8 Å². The number of piperazine rings is 1. The Bertz CT molecular complexity index is 387. The van der Waals surface area contributed by atoms with Crippen molar-refractivity contribution >= 4 is 12.0 Å². The molecule has 0 atom stereocenters. The number of amides is 2. The van der Waals surface area contributed by atoms with Crippen LogP contribution in [0.2, 0.25) is 0 Å². The van der Waals surface area contributed by atoms with E-state index in [1.807, 2.05) is 18.7 Å². The van der Waals surface area contributed by atoms with Crippen molar-refractivity contribution in [3.8, 4) is 0 Å². The molecule has 6 nitrogen and oxygen atoms in total. The highest BCUT2D eigenvalue weighted by atomic mass is 16.2. The van der Waals surface area contributed by atoms with Crippen LogP contribution in [0, 0.1) is 0 Å². The van der Waals surface area contributed by atoms with E-state index in [9.17, 15) is 4.79 Å². The van der Waals surface area contributed by atoms with Gasteiger partial charge in [0.05, 0.1) is 0 Å². The summed E-state index contributed by atoms with van der Waals surface area (Å²) in [5, 5.41) is 2.90. The SMILES string of the molecule is CC(C)NC(=O)N1CCN(c2ncccn2)CC1. The molecule has 2 amide bonds. The number of hydrogen-bond donors (Lipinski definition) is 1. The van der Waals surface area contributed by atoms with Crippen molar-refractivity contribution in [3.63, 3.8) is 0 Å². The Morgan fingerprint density at radius 1 is 1.22 bits per heavy atom. The van der Waals surface area contributed by atoms with Gasteiger partial charge in [-0.05, 0) is 19.9 Å². The molecule has 0 aromatic carbocycles. The number of carbonyl (C=O) groups excluding carboxylic acids is 1. The smallest absolute Gasteiger partial charge is 0.317 e. The number of carbonyl (C=O) groups is 1. The predicted molar refractivity (Wildman–Crippen MR) is 69.5 cm³/mol. The molecule has 0 spiro atoms. The minimum absolute atomic E-state index is 0.0126. The van der Waals surface area contributed by atoms with Crippen LogP contribution in [-0.4, -0.2) is 53.1 Å². The van der Waals surface area contributed by atoms with E-state index >= 15 is 0 Å². The Kier molecular flexibility index (Phi) is 3.96. The molecule has 2 heterocycles. The van der Waals surface area contributed by atoms with Crippen LogP contribution in [0.15, 0.2) is 18.5 Å². The Morgan fingerprint density at radius 3 is 2.39 bits per heavy atom. The van der Waals surface area contributed by atoms with E-state index in [0.29, 0.717) is 13.1 Å². The standard InChI is InChI=1S/C12H19N5O/c1-10(2)15-12(18)17-8-6-16(7-9-17)11-13-4-3-5-14-11/h3-5,10H,6-9H2,1-2H3,(H,15,18). The maximum Gasteiger partial charge on any atom is 0.317 e. The number of rotatable bonds is 2. The number of anilines is 1. The number of nitrogens with zero attached hydrogens (tertiary/aromatic N) is 4. The van der Waals surface area contributed by atoms with Crippen molar-refractivity contribution in [1.29, 1.82) is 0 Å². The fourth-order valence-electron chi connectivity index (χ4n) is 1.90. The molecule has 0 bridgehead atoms. The van der Waals surface area contributed by atoms with Crippen molar-refractivity contribution in [3.05, 3.63) is 18.5 Å². The minimum atomic E-state index is 0.0126. The molecule has 98 valence electrons. The summed E-state index contributed by atoms with van der Waals surface area (Å²) in [7, 11) is 0. The molecule has 1 aliphatic rings. The molecule has 0 unspecified atom stereocenters. The largest absolute Gasteiger partial charge is 0.337 e. The third kappa shape index (κ3) is 3.09. The molecule has 18 heavy (non-hydrogen) atoms. The van der Waals surface area contributed by atoms with Gasteiger partial charge in [-0.2, -0.15) is 0 Å². The lowest BCUT2D eigenvalue weighted by Gasteiger charge is -2.34. The Morgan fingerprint density at radius 2 is 1.83 bits per heavy atom. The first-order valence-electron chi connectivity index (χ1n) is 6.24. The molecular weight excluding hydrogens is 230 g/mol. The molecule has 0 aliphatic carbocycles. The van der Waals surface area contributed by atoms with Gasteiger partial charge in [-0.25, -0.2) is 14.8 Å².